The summed E-state index contributed by atoms with van der Waals surface area (Å²) in [6.45, 7) is 2.05. The van der Waals surface area contributed by atoms with Gasteiger partial charge in [-0.3, -0.25) is 9.36 Å². The molecule has 3 heterocycles. The number of hydrogen-bond acceptors (Lipinski definition) is 7. The van der Waals surface area contributed by atoms with Crippen molar-refractivity contribution in [2.75, 3.05) is 7.11 Å². The lowest BCUT2D eigenvalue weighted by molar-refractivity contribution is 0.416. The van der Waals surface area contributed by atoms with Crippen molar-refractivity contribution in [1.82, 2.24) is 24.7 Å². The minimum atomic E-state index is -0.139. The smallest absolute Gasteiger partial charge is 0.260 e. The van der Waals surface area contributed by atoms with Crippen LogP contribution in [0.3, 0.4) is 0 Å². The molecule has 9 heteroatoms. The van der Waals surface area contributed by atoms with Crippen molar-refractivity contribution >= 4 is 33.3 Å². The zero-order valence-electron chi connectivity index (χ0n) is 20.7. The van der Waals surface area contributed by atoms with Gasteiger partial charge in [-0.05, 0) is 36.8 Å². The van der Waals surface area contributed by atoms with Gasteiger partial charge in [0.2, 0.25) is 0 Å². The third-order valence-corrected chi connectivity index (χ3v) is 8.00. The Morgan fingerprint density at radius 1 is 0.947 bits per heavy atom. The molecule has 0 atom stereocenters. The summed E-state index contributed by atoms with van der Waals surface area (Å²) in [5.41, 5.74) is 4.71. The van der Waals surface area contributed by atoms with Crippen LogP contribution in [0.4, 0.5) is 0 Å². The van der Waals surface area contributed by atoms with E-state index in [1.165, 1.54) is 23.1 Å². The first-order chi connectivity index (χ1) is 18.6. The fraction of sp³-hybridized carbons (Fsp3) is 0.103. The van der Waals surface area contributed by atoms with Crippen LogP contribution in [0.25, 0.3) is 38.4 Å². The molecule has 0 aliphatic carbocycles. The molecule has 0 saturated heterocycles. The summed E-state index contributed by atoms with van der Waals surface area (Å²) < 4.78 is 7.61. The van der Waals surface area contributed by atoms with E-state index < -0.39 is 0 Å². The number of para-hydroxylation sites is 1. The molecule has 6 rings (SSSR count). The number of methoxy groups -OCH3 is 1. The van der Waals surface area contributed by atoms with Crippen molar-refractivity contribution in [3.8, 4) is 34.0 Å². The van der Waals surface area contributed by atoms with E-state index in [1.807, 2.05) is 76.7 Å². The number of aromatic nitrogens is 5. The molecule has 188 valence electrons. The standard InChI is InChI=1S/C29H23N5O2S2/c1-18-12-14-20(15-13-18)34-26(21-10-6-7-11-23(21)36-2)32-33-29(34)38-17-24-30-27(35)25-22(16-37-28(25)31-24)19-8-4-3-5-9-19/h3-16H,17H2,1-2H3,(H,30,31,35). The number of fused-ring (bicyclic) bond motifs is 1. The molecule has 0 fully saturated rings. The van der Waals surface area contributed by atoms with Gasteiger partial charge >= 0.3 is 0 Å². The Balaban J connectivity index is 1.36. The Morgan fingerprint density at radius 2 is 1.71 bits per heavy atom. The monoisotopic (exact) mass is 537 g/mol. The SMILES string of the molecule is COc1ccccc1-c1nnc(SCc2nc3scc(-c4ccccc4)c3c(=O)[nH]2)n1-c1ccc(C)cc1. The fourth-order valence-electron chi connectivity index (χ4n) is 4.32. The molecule has 3 aromatic heterocycles. The summed E-state index contributed by atoms with van der Waals surface area (Å²) in [5.74, 6) is 2.41. The maximum atomic E-state index is 13.1. The second-order valence-corrected chi connectivity index (χ2v) is 10.5. The maximum absolute atomic E-state index is 13.1. The van der Waals surface area contributed by atoms with Crippen LogP contribution in [0.1, 0.15) is 11.4 Å². The first-order valence-corrected chi connectivity index (χ1v) is 13.8. The number of nitrogens with one attached hydrogen (secondary N) is 1. The zero-order chi connectivity index (χ0) is 26.1. The number of ether oxygens (including phenoxy) is 1. The Hall–Kier alpha value is -4.21. The highest BCUT2D eigenvalue weighted by Crippen LogP contribution is 2.35. The topological polar surface area (TPSA) is 85.7 Å². The second-order valence-electron chi connectivity index (χ2n) is 8.67. The lowest BCUT2D eigenvalue weighted by atomic mass is 10.1. The fourth-order valence-corrected chi connectivity index (χ4v) is 6.11. The molecule has 6 aromatic rings. The molecule has 0 unspecified atom stereocenters. The lowest BCUT2D eigenvalue weighted by Gasteiger charge is -2.12. The number of thioether (sulfide) groups is 1. The van der Waals surface area contributed by atoms with Crippen LogP contribution in [0.5, 0.6) is 5.75 Å². The number of aromatic amines is 1. The summed E-state index contributed by atoms with van der Waals surface area (Å²) >= 11 is 2.95. The van der Waals surface area contributed by atoms with E-state index in [2.05, 4.69) is 34.2 Å². The van der Waals surface area contributed by atoms with Crippen LogP contribution in [0.15, 0.2) is 94.2 Å². The molecule has 0 aliphatic heterocycles. The highest BCUT2D eigenvalue weighted by molar-refractivity contribution is 7.98. The molecule has 0 bridgehead atoms. The summed E-state index contributed by atoms with van der Waals surface area (Å²) in [6, 6.07) is 25.9. The molecule has 38 heavy (non-hydrogen) atoms. The number of aryl methyl sites for hydroxylation is 1. The summed E-state index contributed by atoms with van der Waals surface area (Å²) in [5, 5.41) is 12.3. The first-order valence-electron chi connectivity index (χ1n) is 12.0. The van der Waals surface area contributed by atoms with Crippen molar-refractivity contribution in [2.24, 2.45) is 0 Å². The normalized spacial score (nSPS) is 11.2. The lowest BCUT2D eigenvalue weighted by Crippen LogP contribution is -2.11. The van der Waals surface area contributed by atoms with Gasteiger partial charge in [0, 0.05) is 16.6 Å². The molecular formula is C29H23N5O2S2. The van der Waals surface area contributed by atoms with Crippen LogP contribution >= 0.6 is 23.1 Å². The second kappa shape index (κ2) is 10.3. The summed E-state index contributed by atoms with van der Waals surface area (Å²) in [6.07, 6.45) is 0. The third-order valence-electron chi connectivity index (χ3n) is 6.19. The van der Waals surface area contributed by atoms with Crippen LogP contribution in [0, 0.1) is 6.92 Å². The maximum Gasteiger partial charge on any atom is 0.260 e. The predicted molar refractivity (Wildman–Crippen MR) is 153 cm³/mol. The number of nitrogens with zero attached hydrogens (tertiary/aromatic N) is 4. The molecule has 0 spiro atoms. The number of thiophene rings is 1. The van der Waals surface area contributed by atoms with E-state index in [1.54, 1.807) is 7.11 Å². The molecule has 0 amide bonds. The summed E-state index contributed by atoms with van der Waals surface area (Å²) in [4.78, 5) is 21.6. The van der Waals surface area contributed by atoms with E-state index in [0.29, 0.717) is 33.7 Å². The van der Waals surface area contributed by atoms with Gasteiger partial charge in [0.15, 0.2) is 11.0 Å². The zero-order valence-corrected chi connectivity index (χ0v) is 22.3. The Kier molecular flexibility index (Phi) is 6.53. The van der Waals surface area contributed by atoms with Gasteiger partial charge in [0.1, 0.15) is 16.4 Å². The highest BCUT2D eigenvalue weighted by atomic mass is 32.2. The predicted octanol–water partition coefficient (Wildman–Crippen LogP) is 6.51. The van der Waals surface area contributed by atoms with Gasteiger partial charge in [0.25, 0.3) is 5.56 Å². The van der Waals surface area contributed by atoms with E-state index in [0.717, 1.165) is 32.8 Å². The number of H-pyrrole nitrogens is 1. The minimum Gasteiger partial charge on any atom is -0.496 e. The van der Waals surface area contributed by atoms with Crippen LogP contribution < -0.4 is 10.3 Å². The Morgan fingerprint density at radius 3 is 2.50 bits per heavy atom. The third kappa shape index (κ3) is 4.51. The molecule has 0 aliphatic rings. The minimum absolute atomic E-state index is 0.139. The van der Waals surface area contributed by atoms with E-state index >= 15 is 0 Å². The Bertz CT molecular complexity index is 1790. The average molecular weight is 538 g/mol. The molecule has 1 N–H and O–H groups in total. The van der Waals surface area contributed by atoms with Gasteiger partial charge in [-0.2, -0.15) is 0 Å². The quantitative estimate of drug-likeness (QED) is 0.234. The van der Waals surface area contributed by atoms with Crippen molar-refractivity contribution < 1.29 is 4.74 Å². The van der Waals surface area contributed by atoms with Gasteiger partial charge in [-0.1, -0.05) is 71.9 Å². The van der Waals surface area contributed by atoms with E-state index in [9.17, 15) is 4.79 Å². The van der Waals surface area contributed by atoms with Crippen molar-refractivity contribution in [3.05, 3.63) is 106 Å². The first kappa shape index (κ1) is 24.1. The molecule has 0 radical (unpaired) electrons. The highest BCUT2D eigenvalue weighted by Gasteiger charge is 2.20. The summed E-state index contributed by atoms with van der Waals surface area (Å²) in [7, 11) is 1.65. The van der Waals surface area contributed by atoms with Crippen LogP contribution in [-0.4, -0.2) is 31.8 Å². The molecule has 7 nitrogen and oxygen atoms in total. The number of hydrogen-bond donors (Lipinski definition) is 1. The van der Waals surface area contributed by atoms with Crippen LogP contribution in [-0.2, 0) is 5.75 Å². The average Bonchev–Trinajstić information content (AvgIpc) is 3.58. The van der Waals surface area contributed by atoms with Gasteiger partial charge in [-0.25, -0.2) is 4.98 Å². The Labute approximate surface area is 227 Å². The van der Waals surface area contributed by atoms with Crippen molar-refractivity contribution in [2.45, 2.75) is 17.8 Å². The van der Waals surface area contributed by atoms with Crippen molar-refractivity contribution in [1.29, 1.82) is 0 Å². The van der Waals surface area contributed by atoms with Gasteiger partial charge in [0.05, 0.1) is 23.8 Å². The molecule has 0 saturated carbocycles. The molecular weight excluding hydrogens is 514 g/mol. The number of benzene rings is 3. The largest absolute Gasteiger partial charge is 0.496 e. The van der Waals surface area contributed by atoms with E-state index in [4.69, 9.17) is 9.72 Å². The van der Waals surface area contributed by atoms with Gasteiger partial charge in [-0.15, -0.1) is 21.5 Å². The molecule has 3 aromatic carbocycles. The van der Waals surface area contributed by atoms with Crippen molar-refractivity contribution in [3.63, 3.8) is 0 Å². The van der Waals surface area contributed by atoms with E-state index in [-0.39, 0.29) is 5.56 Å². The van der Waals surface area contributed by atoms with Gasteiger partial charge < -0.3 is 9.72 Å². The number of rotatable bonds is 7. The van der Waals surface area contributed by atoms with Crippen LogP contribution in [0.2, 0.25) is 0 Å².